The standard InChI is InChI=1S/C21H23BrClN5O4S/c1-21(2,3)17(13-7-6-8-14(23)32-13)25-19-18(26-33(31)27-19)24-12-10-9-11(22)15(16(12)29)20(30)28(4)5/h6-7,9-10,17,29H,1-5H3,(H,24,26)(H,25,27)/t17-,33?/m0/s1. The minimum atomic E-state index is -1.87. The molecule has 1 aromatic carbocycles. The number of rotatable bonds is 4. The second-order valence-corrected chi connectivity index (χ2v) is 10.5. The summed E-state index contributed by atoms with van der Waals surface area (Å²) in [5, 5.41) is 17.0. The Morgan fingerprint density at radius 2 is 1.97 bits per heavy atom. The van der Waals surface area contributed by atoms with Crippen molar-refractivity contribution in [2.45, 2.75) is 26.8 Å². The molecule has 3 N–H and O–H groups in total. The molecule has 0 radical (unpaired) electrons. The molecule has 176 valence electrons. The Morgan fingerprint density at radius 1 is 1.30 bits per heavy atom. The average Bonchev–Trinajstić information content (AvgIpc) is 3.06. The van der Waals surface area contributed by atoms with Crippen LogP contribution in [0.5, 0.6) is 5.75 Å². The van der Waals surface area contributed by atoms with Crippen molar-refractivity contribution in [3.8, 4) is 5.75 Å². The molecule has 2 heterocycles. The van der Waals surface area contributed by atoms with Gasteiger partial charge in [-0.05, 0) is 57.2 Å². The van der Waals surface area contributed by atoms with Crippen molar-refractivity contribution in [2.75, 3.05) is 19.4 Å². The lowest BCUT2D eigenvalue weighted by atomic mass is 9.85. The molecule has 3 rings (SSSR count). The van der Waals surface area contributed by atoms with Crippen LogP contribution in [0.2, 0.25) is 0 Å². The van der Waals surface area contributed by atoms with Crippen molar-refractivity contribution in [3.63, 3.8) is 0 Å². The third kappa shape index (κ3) is 5.67. The number of allylic oxidation sites excluding steroid dienone is 2. The van der Waals surface area contributed by atoms with E-state index in [2.05, 4.69) is 41.1 Å². The van der Waals surface area contributed by atoms with E-state index in [-0.39, 0.29) is 45.2 Å². The number of anilines is 1. The highest BCUT2D eigenvalue weighted by Gasteiger charge is 2.34. The monoisotopic (exact) mass is 555 g/mol. The summed E-state index contributed by atoms with van der Waals surface area (Å²) in [5.41, 5.74) is 2.66. The maximum atomic E-state index is 12.5. The molecule has 2 atom stereocenters. The largest absolute Gasteiger partial charge is 0.505 e. The Bertz CT molecular complexity index is 1180. The molecule has 0 fully saturated rings. The van der Waals surface area contributed by atoms with Crippen molar-refractivity contribution in [3.05, 3.63) is 51.0 Å². The number of hydrogen-bond acceptors (Lipinski definition) is 6. The van der Waals surface area contributed by atoms with Crippen LogP contribution in [-0.4, -0.2) is 51.9 Å². The quantitative estimate of drug-likeness (QED) is 0.384. The Labute approximate surface area is 207 Å². The molecule has 1 amide bonds. The first-order chi connectivity index (χ1) is 15.4. The first-order valence-corrected chi connectivity index (χ1v) is 12.0. The number of benzene rings is 1. The molecule has 0 aliphatic carbocycles. The molecule has 0 saturated heterocycles. The Morgan fingerprint density at radius 3 is 2.58 bits per heavy atom. The maximum Gasteiger partial charge on any atom is 0.269 e. The van der Waals surface area contributed by atoms with E-state index < -0.39 is 17.2 Å². The normalized spacial score (nSPS) is 18.5. The number of aromatic hydroxyl groups is 1. The maximum absolute atomic E-state index is 12.5. The molecule has 2 aliphatic heterocycles. The fourth-order valence-corrected chi connectivity index (χ4v) is 4.29. The van der Waals surface area contributed by atoms with Crippen LogP contribution in [0.1, 0.15) is 31.1 Å². The zero-order valence-electron chi connectivity index (χ0n) is 18.6. The SMILES string of the molecule is CN(C)C(=O)c1c(Br)ccc(NC2=NS(=O)N=C2N[C@@H](C2=CC=C=C(Cl)O2)C(C)(C)C)c1O. The van der Waals surface area contributed by atoms with Crippen LogP contribution in [-0.2, 0) is 15.9 Å². The smallest absolute Gasteiger partial charge is 0.269 e. The van der Waals surface area contributed by atoms with Crippen molar-refractivity contribution >= 4 is 62.0 Å². The molecule has 12 heteroatoms. The molecule has 0 saturated carbocycles. The number of phenolic OH excluding ortho intramolecular Hbond substituents is 1. The van der Waals surface area contributed by atoms with E-state index in [1.807, 2.05) is 20.8 Å². The number of phenols is 1. The van der Waals surface area contributed by atoms with E-state index in [1.54, 1.807) is 38.4 Å². The highest BCUT2D eigenvalue weighted by molar-refractivity contribution is 9.10. The second kappa shape index (κ2) is 9.72. The fraction of sp³-hybridized carbons (Fsp3) is 0.333. The number of carbonyl (C=O) groups excluding carboxylic acids is 1. The molecule has 0 bridgehead atoms. The van der Waals surface area contributed by atoms with Crippen molar-refractivity contribution in [2.24, 2.45) is 14.2 Å². The summed E-state index contributed by atoms with van der Waals surface area (Å²) < 4.78 is 26.3. The third-order valence-electron chi connectivity index (χ3n) is 4.65. The Kier molecular flexibility index (Phi) is 7.38. The third-order valence-corrected chi connectivity index (χ3v) is 6.17. The van der Waals surface area contributed by atoms with Crippen LogP contribution in [0.4, 0.5) is 5.69 Å². The number of amides is 1. The van der Waals surface area contributed by atoms with E-state index in [1.165, 1.54) is 4.90 Å². The summed E-state index contributed by atoms with van der Waals surface area (Å²) in [7, 11) is 3.16. The van der Waals surface area contributed by atoms with Gasteiger partial charge in [0.05, 0.1) is 17.3 Å². The van der Waals surface area contributed by atoms with Gasteiger partial charge in [0.15, 0.2) is 17.4 Å². The minimum Gasteiger partial charge on any atom is -0.505 e. The average molecular weight is 557 g/mol. The van der Waals surface area contributed by atoms with E-state index >= 15 is 0 Å². The van der Waals surface area contributed by atoms with Gasteiger partial charge in [-0.2, -0.15) is 0 Å². The summed E-state index contributed by atoms with van der Waals surface area (Å²) in [4.78, 5) is 13.8. The number of carbonyl (C=O) groups is 1. The molecule has 9 nitrogen and oxygen atoms in total. The predicted molar refractivity (Wildman–Crippen MR) is 133 cm³/mol. The van der Waals surface area contributed by atoms with Crippen LogP contribution in [0.25, 0.3) is 0 Å². The van der Waals surface area contributed by atoms with Crippen LogP contribution < -0.4 is 10.6 Å². The van der Waals surface area contributed by atoms with Crippen LogP contribution in [0, 0.1) is 5.41 Å². The van der Waals surface area contributed by atoms with Crippen LogP contribution in [0.3, 0.4) is 0 Å². The van der Waals surface area contributed by atoms with Gasteiger partial charge in [0.1, 0.15) is 5.76 Å². The highest BCUT2D eigenvalue weighted by atomic mass is 79.9. The lowest BCUT2D eigenvalue weighted by Crippen LogP contribution is -2.48. The van der Waals surface area contributed by atoms with Gasteiger partial charge in [-0.15, -0.1) is 8.80 Å². The molecule has 0 spiro atoms. The van der Waals surface area contributed by atoms with E-state index in [4.69, 9.17) is 16.3 Å². The summed E-state index contributed by atoms with van der Waals surface area (Å²) in [6.07, 6.45) is 3.37. The van der Waals surface area contributed by atoms with Crippen LogP contribution in [0.15, 0.2) is 54.3 Å². The van der Waals surface area contributed by atoms with E-state index in [0.717, 1.165) is 0 Å². The van der Waals surface area contributed by atoms with Crippen molar-refractivity contribution in [1.29, 1.82) is 0 Å². The molecular weight excluding hydrogens is 534 g/mol. The highest BCUT2D eigenvalue weighted by Crippen LogP contribution is 2.35. The zero-order valence-corrected chi connectivity index (χ0v) is 21.7. The first-order valence-electron chi connectivity index (χ1n) is 9.75. The molecule has 0 aromatic heterocycles. The van der Waals surface area contributed by atoms with E-state index in [0.29, 0.717) is 10.2 Å². The van der Waals surface area contributed by atoms with Gasteiger partial charge in [0.2, 0.25) is 5.22 Å². The van der Waals surface area contributed by atoms with Gasteiger partial charge >= 0.3 is 0 Å². The summed E-state index contributed by atoms with van der Waals surface area (Å²) >= 11 is 7.41. The summed E-state index contributed by atoms with van der Waals surface area (Å²) in [6, 6.07) is 2.76. The summed E-state index contributed by atoms with van der Waals surface area (Å²) in [6.45, 7) is 5.96. The van der Waals surface area contributed by atoms with Crippen molar-refractivity contribution in [1.82, 2.24) is 10.2 Å². The molecule has 1 unspecified atom stereocenters. The number of halogens is 2. The summed E-state index contributed by atoms with van der Waals surface area (Å²) in [5.74, 6) is 0.193. The topological polar surface area (TPSA) is 116 Å². The fourth-order valence-electron chi connectivity index (χ4n) is 3.02. The molecule has 2 aliphatic rings. The van der Waals surface area contributed by atoms with Gasteiger partial charge in [-0.3, -0.25) is 4.79 Å². The van der Waals surface area contributed by atoms with Crippen LogP contribution >= 0.6 is 27.5 Å². The first kappa shape index (κ1) is 25.0. The number of nitrogens with one attached hydrogen (secondary N) is 2. The number of amidine groups is 2. The Balaban J connectivity index is 1.91. The molecule has 33 heavy (non-hydrogen) atoms. The van der Waals surface area contributed by atoms with Gasteiger partial charge in [-0.1, -0.05) is 26.5 Å². The minimum absolute atomic E-state index is 0.0812. The molecular formula is C21H23BrClN5O4S. The lowest BCUT2D eigenvalue weighted by Gasteiger charge is -2.33. The predicted octanol–water partition coefficient (Wildman–Crippen LogP) is 3.81. The van der Waals surface area contributed by atoms with E-state index in [9.17, 15) is 14.1 Å². The second-order valence-electron chi connectivity index (χ2n) is 8.45. The van der Waals surface area contributed by atoms with Gasteiger partial charge in [0.25, 0.3) is 17.1 Å². The van der Waals surface area contributed by atoms with Gasteiger partial charge < -0.3 is 25.4 Å². The number of nitrogens with zero attached hydrogens (tertiary/aromatic N) is 3. The van der Waals surface area contributed by atoms with Gasteiger partial charge in [-0.25, -0.2) is 4.21 Å². The molecule has 1 aromatic rings. The number of ether oxygens (including phenoxy) is 1. The number of hydrogen-bond donors (Lipinski definition) is 3. The zero-order chi connectivity index (χ0) is 24.5. The Hall–Kier alpha value is -2.59. The van der Waals surface area contributed by atoms with Crippen molar-refractivity contribution < 1.29 is 18.8 Å². The van der Waals surface area contributed by atoms with Gasteiger partial charge in [0, 0.05) is 18.6 Å². The lowest BCUT2D eigenvalue weighted by molar-refractivity contribution is 0.0824.